The van der Waals surface area contributed by atoms with Gasteiger partial charge in [-0.25, -0.2) is 0 Å². The lowest BCUT2D eigenvalue weighted by molar-refractivity contribution is 0.330. The van der Waals surface area contributed by atoms with Crippen LogP contribution in [0.15, 0.2) is 30.3 Å². The van der Waals surface area contributed by atoms with Gasteiger partial charge in [0.2, 0.25) is 0 Å². The molecule has 1 N–H and O–H groups in total. The molecule has 1 aromatic rings. The molecule has 1 rings (SSSR count). The van der Waals surface area contributed by atoms with Gasteiger partial charge in [-0.3, -0.25) is 0 Å². The summed E-state index contributed by atoms with van der Waals surface area (Å²) in [6.45, 7) is 7.69. The minimum Gasteiger partial charge on any atom is -0.313 e. The van der Waals surface area contributed by atoms with Crippen LogP contribution in [0.5, 0.6) is 0 Å². The van der Waals surface area contributed by atoms with Crippen LogP contribution in [-0.4, -0.2) is 12.6 Å². The highest BCUT2D eigenvalue weighted by Gasteiger charge is 2.29. The van der Waals surface area contributed by atoms with Crippen molar-refractivity contribution in [2.45, 2.75) is 45.1 Å². The Hall–Kier alpha value is -1.26. The summed E-state index contributed by atoms with van der Waals surface area (Å²) in [4.78, 5) is 0. The Kier molecular flexibility index (Phi) is 5.25. The van der Waals surface area contributed by atoms with Crippen molar-refractivity contribution in [1.29, 1.82) is 0 Å². The van der Waals surface area contributed by atoms with E-state index >= 15 is 0 Å². The van der Waals surface area contributed by atoms with E-state index in [1.165, 1.54) is 5.56 Å². The van der Waals surface area contributed by atoms with E-state index in [-0.39, 0.29) is 5.41 Å². The SMILES string of the molecule is C#CCCC(NCC)C(C)(C)c1ccccc1. The van der Waals surface area contributed by atoms with Gasteiger partial charge in [-0.05, 0) is 18.5 Å². The van der Waals surface area contributed by atoms with Crippen LogP contribution < -0.4 is 5.32 Å². The van der Waals surface area contributed by atoms with Gasteiger partial charge in [0.25, 0.3) is 0 Å². The Balaban J connectivity index is 2.87. The molecule has 0 bridgehead atoms. The van der Waals surface area contributed by atoms with Gasteiger partial charge in [0.15, 0.2) is 0 Å². The lowest BCUT2D eigenvalue weighted by Gasteiger charge is -2.35. The average molecular weight is 229 g/mol. The first-order valence-electron chi connectivity index (χ1n) is 6.35. The zero-order valence-electron chi connectivity index (χ0n) is 11.2. The minimum absolute atomic E-state index is 0.105. The highest BCUT2D eigenvalue weighted by atomic mass is 14.9. The highest BCUT2D eigenvalue weighted by Crippen LogP contribution is 2.29. The van der Waals surface area contributed by atoms with Crippen LogP contribution in [0.4, 0.5) is 0 Å². The fourth-order valence-electron chi connectivity index (χ4n) is 2.26. The summed E-state index contributed by atoms with van der Waals surface area (Å²) in [6.07, 6.45) is 7.22. The van der Waals surface area contributed by atoms with Gasteiger partial charge in [0.05, 0.1) is 0 Å². The Bertz CT molecular complexity index is 359. The standard InChI is InChI=1S/C16H23N/c1-5-7-13-15(17-6-2)16(3,4)14-11-9-8-10-12-14/h1,8-12,15,17H,6-7,13H2,2-4H3. The molecule has 0 amide bonds. The van der Waals surface area contributed by atoms with E-state index in [2.05, 4.69) is 62.3 Å². The van der Waals surface area contributed by atoms with Crippen LogP contribution in [0.1, 0.15) is 39.2 Å². The van der Waals surface area contributed by atoms with Crippen LogP contribution in [0.25, 0.3) is 0 Å². The zero-order valence-corrected chi connectivity index (χ0v) is 11.2. The van der Waals surface area contributed by atoms with Gasteiger partial charge >= 0.3 is 0 Å². The van der Waals surface area contributed by atoms with E-state index in [1.54, 1.807) is 0 Å². The molecule has 92 valence electrons. The van der Waals surface area contributed by atoms with Crippen molar-refractivity contribution < 1.29 is 0 Å². The first-order valence-corrected chi connectivity index (χ1v) is 6.35. The molecule has 1 nitrogen and oxygen atoms in total. The van der Waals surface area contributed by atoms with Gasteiger partial charge < -0.3 is 5.32 Å². The molecule has 1 aromatic carbocycles. The molecule has 1 unspecified atom stereocenters. The molecule has 0 fully saturated rings. The summed E-state index contributed by atoms with van der Waals surface area (Å²) in [6, 6.07) is 11.1. The first-order chi connectivity index (χ1) is 8.12. The molecule has 0 aliphatic heterocycles. The highest BCUT2D eigenvalue weighted by molar-refractivity contribution is 5.25. The third-order valence-corrected chi connectivity index (χ3v) is 3.42. The summed E-state index contributed by atoms with van der Waals surface area (Å²) in [7, 11) is 0. The fourth-order valence-corrected chi connectivity index (χ4v) is 2.26. The summed E-state index contributed by atoms with van der Waals surface area (Å²) in [5, 5.41) is 3.56. The molecule has 0 spiro atoms. The second-order valence-electron chi connectivity index (χ2n) is 4.94. The van der Waals surface area contributed by atoms with Crippen molar-refractivity contribution in [3.63, 3.8) is 0 Å². The molecule has 0 saturated carbocycles. The van der Waals surface area contributed by atoms with Crippen molar-refractivity contribution in [1.82, 2.24) is 5.32 Å². The first kappa shape index (κ1) is 13.8. The van der Waals surface area contributed by atoms with E-state index in [1.807, 2.05) is 0 Å². The topological polar surface area (TPSA) is 12.0 Å². The van der Waals surface area contributed by atoms with Crippen LogP contribution in [0, 0.1) is 12.3 Å². The van der Waals surface area contributed by atoms with E-state index in [0.717, 1.165) is 19.4 Å². The number of nitrogens with one attached hydrogen (secondary N) is 1. The van der Waals surface area contributed by atoms with Crippen LogP contribution in [0.2, 0.25) is 0 Å². The normalized spacial score (nSPS) is 13.1. The van der Waals surface area contributed by atoms with Gasteiger partial charge in [0.1, 0.15) is 0 Å². The Morgan fingerprint density at radius 3 is 2.47 bits per heavy atom. The monoisotopic (exact) mass is 229 g/mol. The zero-order chi connectivity index (χ0) is 12.7. The maximum absolute atomic E-state index is 5.38. The maximum atomic E-state index is 5.38. The van der Waals surface area contributed by atoms with E-state index in [9.17, 15) is 0 Å². The van der Waals surface area contributed by atoms with Crippen LogP contribution >= 0.6 is 0 Å². The summed E-state index contributed by atoms with van der Waals surface area (Å²) in [5.41, 5.74) is 1.47. The largest absolute Gasteiger partial charge is 0.313 e. The predicted molar refractivity (Wildman–Crippen MR) is 75.0 cm³/mol. The second kappa shape index (κ2) is 6.47. The van der Waals surface area contributed by atoms with Gasteiger partial charge in [-0.15, -0.1) is 12.3 Å². The summed E-state index contributed by atoms with van der Waals surface area (Å²) in [5.74, 6) is 2.74. The molecule has 0 aliphatic rings. The van der Waals surface area contributed by atoms with Gasteiger partial charge in [-0.1, -0.05) is 51.1 Å². The van der Waals surface area contributed by atoms with E-state index in [4.69, 9.17) is 6.42 Å². The molecular weight excluding hydrogens is 206 g/mol. The van der Waals surface area contributed by atoms with Gasteiger partial charge in [-0.2, -0.15) is 0 Å². The number of hydrogen-bond donors (Lipinski definition) is 1. The fraction of sp³-hybridized carbons (Fsp3) is 0.500. The summed E-state index contributed by atoms with van der Waals surface area (Å²) < 4.78 is 0. The van der Waals surface area contributed by atoms with Crippen LogP contribution in [-0.2, 0) is 5.41 Å². The van der Waals surface area contributed by atoms with Crippen molar-refractivity contribution in [2.24, 2.45) is 0 Å². The number of rotatable bonds is 6. The smallest absolute Gasteiger partial charge is 0.0168 e. The van der Waals surface area contributed by atoms with Crippen LogP contribution in [0.3, 0.4) is 0 Å². The lowest BCUT2D eigenvalue weighted by atomic mass is 9.76. The Labute approximate surface area is 106 Å². The molecule has 0 saturated heterocycles. The quantitative estimate of drug-likeness (QED) is 0.738. The number of terminal acetylenes is 1. The van der Waals surface area contributed by atoms with E-state index < -0.39 is 0 Å². The Morgan fingerprint density at radius 1 is 1.29 bits per heavy atom. The number of likely N-dealkylation sites (N-methyl/N-ethyl adjacent to an activating group) is 1. The molecule has 1 atom stereocenters. The second-order valence-corrected chi connectivity index (χ2v) is 4.94. The minimum atomic E-state index is 0.105. The average Bonchev–Trinajstić information content (AvgIpc) is 2.35. The van der Waals surface area contributed by atoms with Crippen molar-refractivity contribution in [3.05, 3.63) is 35.9 Å². The number of hydrogen-bond acceptors (Lipinski definition) is 1. The lowest BCUT2D eigenvalue weighted by Crippen LogP contribution is -2.44. The predicted octanol–water partition coefficient (Wildman–Crippen LogP) is 3.36. The third-order valence-electron chi connectivity index (χ3n) is 3.42. The molecule has 1 heteroatoms. The Morgan fingerprint density at radius 2 is 1.94 bits per heavy atom. The van der Waals surface area contributed by atoms with E-state index in [0.29, 0.717) is 6.04 Å². The van der Waals surface area contributed by atoms with Crippen molar-refractivity contribution in [3.8, 4) is 12.3 Å². The maximum Gasteiger partial charge on any atom is 0.0168 e. The van der Waals surface area contributed by atoms with Crippen molar-refractivity contribution >= 4 is 0 Å². The molecule has 0 aromatic heterocycles. The number of benzene rings is 1. The molecule has 0 heterocycles. The summed E-state index contributed by atoms with van der Waals surface area (Å²) >= 11 is 0. The molecule has 0 aliphatic carbocycles. The molecule has 0 radical (unpaired) electrons. The van der Waals surface area contributed by atoms with Gasteiger partial charge in [0, 0.05) is 17.9 Å². The molecule has 17 heavy (non-hydrogen) atoms. The molecular formula is C16H23N. The van der Waals surface area contributed by atoms with Crippen molar-refractivity contribution in [2.75, 3.05) is 6.54 Å². The third kappa shape index (κ3) is 3.61.